The first-order valence-electron chi connectivity index (χ1n) is 17.8. The molecular formula is C38H43F2N5O4. The van der Waals surface area contributed by atoms with Crippen LogP contribution in [0.5, 0.6) is 11.8 Å². The van der Waals surface area contributed by atoms with Crippen molar-refractivity contribution in [2.24, 2.45) is 5.41 Å². The van der Waals surface area contributed by atoms with Gasteiger partial charge in [0.15, 0.2) is 5.82 Å². The van der Waals surface area contributed by atoms with E-state index in [1.54, 1.807) is 12.1 Å². The van der Waals surface area contributed by atoms with Gasteiger partial charge in [-0.1, -0.05) is 13.0 Å². The third-order valence-corrected chi connectivity index (χ3v) is 11.4. The quantitative estimate of drug-likeness (QED) is 0.252. The van der Waals surface area contributed by atoms with Crippen LogP contribution in [0.3, 0.4) is 0 Å². The van der Waals surface area contributed by atoms with Crippen LogP contribution in [0.1, 0.15) is 43.7 Å². The van der Waals surface area contributed by atoms with Gasteiger partial charge in [-0.2, -0.15) is 9.97 Å². The van der Waals surface area contributed by atoms with E-state index in [-0.39, 0.29) is 40.7 Å². The molecule has 2 unspecified atom stereocenters. The second kappa shape index (κ2) is 12.0. The number of rotatable bonds is 8. The summed E-state index contributed by atoms with van der Waals surface area (Å²) >= 11 is 0. The fraction of sp³-hybridized carbons (Fsp3) is 0.526. The normalized spacial score (nSPS) is 26.1. The summed E-state index contributed by atoms with van der Waals surface area (Å²) in [6.07, 6.45) is 4.96. The summed E-state index contributed by atoms with van der Waals surface area (Å²) in [4.78, 5) is 14.4. The Balaban J connectivity index is 1.11. The van der Waals surface area contributed by atoms with Crippen LogP contribution in [0.25, 0.3) is 32.8 Å². The van der Waals surface area contributed by atoms with Crippen LogP contribution in [0.4, 0.5) is 14.6 Å². The number of aromatic nitrogens is 2. The second-order valence-corrected chi connectivity index (χ2v) is 14.9. The number of hydrogen-bond donors (Lipinski definition) is 2. The number of hydrogen-bond acceptors (Lipinski definition) is 9. The molecule has 2 bridgehead atoms. The SMILES string of the molecule is CCc1c(F)ccc2cc(O)cc(-c3c(C)cc4c(N5CC6CCC(C5)N6)nc(OCC5(CN6C[C@@H]7OCCO[C@@H]7C6)CC5)nc4c3F)c12. The lowest BCUT2D eigenvalue weighted by Gasteiger charge is -2.34. The topological polar surface area (TPSA) is 92.2 Å². The van der Waals surface area contributed by atoms with Gasteiger partial charge in [-0.3, -0.25) is 4.90 Å². The molecule has 49 heavy (non-hydrogen) atoms. The molecule has 258 valence electrons. The first-order chi connectivity index (χ1) is 23.8. The van der Waals surface area contributed by atoms with E-state index in [1.165, 1.54) is 12.1 Å². The number of anilines is 1. The van der Waals surface area contributed by atoms with Crippen LogP contribution in [-0.2, 0) is 15.9 Å². The minimum absolute atomic E-state index is 0.0103. The third kappa shape index (κ3) is 5.59. The molecule has 1 aliphatic carbocycles. The standard InChI is InChI=1S/C38H43F2N5O4/c1-3-26-29(39)7-4-22-13-25(46)14-27(33(22)26)32-21(2)12-28-35(34(32)40)42-37(43-36(28)45-15-23-5-6-24(16-45)41-23)49-20-38(8-9-38)19-44-17-30-31(18-44)48-11-10-47-30/h4,7,12-14,23-24,30-31,41,46H,3,5-6,8-11,15-20H2,1-2H3/t23?,24?,30-,31+. The van der Waals surface area contributed by atoms with Crippen molar-refractivity contribution in [1.82, 2.24) is 20.2 Å². The molecule has 0 amide bonds. The number of aryl methyl sites for hydroxylation is 2. The molecule has 4 saturated heterocycles. The molecule has 4 aliphatic heterocycles. The van der Waals surface area contributed by atoms with Crippen LogP contribution in [0.15, 0.2) is 30.3 Å². The molecule has 5 fully saturated rings. The number of phenolic OH excluding ortho intramolecular Hbond substituents is 1. The first-order valence-corrected chi connectivity index (χ1v) is 17.8. The van der Waals surface area contributed by atoms with E-state index in [0.29, 0.717) is 82.6 Å². The van der Waals surface area contributed by atoms with Gasteiger partial charge in [-0.25, -0.2) is 8.78 Å². The van der Waals surface area contributed by atoms with Crippen LogP contribution in [0, 0.1) is 24.0 Å². The van der Waals surface area contributed by atoms with E-state index >= 15 is 8.78 Å². The van der Waals surface area contributed by atoms with Crippen LogP contribution in [0.2, 0.25) is 0 Å². The molecule has 0 spiro atoms. The lowest BCUT2D eigenvalue weighted by molar-refractivity contribution is -0.116. The lowest BCUT2D eigenvalue weighted by atomic mass is 9.89. The fourth-order valence-electron chi connectivity index (χ4n) is 8.85. The molecule has 11 heteroatoms. The van der Waals surface area contributed by atoms with E-state index in [2.05, 4.69) is 15.1 Å². The fourth-order valence-corrected chi connectivity index (χ4v) is 8.85. The number of likely N-dealkylation sites (tertiary alicyclic amines) is 1. The van der Waals surface area contributed by atoms with Gasteiger partial charge in [-0.05, 0) is 90.8 Å². The summed E-state index contributed by atoms with van der Waals surface area (Å²) in [6.45, 7) is 9.61. The zero-order valence-corrected chi connectivity index (χ0v) is 28.1. The van der Waals surface area contributed by atoms with E-state index in [1.807, 2.05) is 19.9 Å². The molecule has 1 aromatic heterocycles. The summed E-state index contributed by atoms with van der Waals surface area (Å²) in [5.41, 5.74) is 2.04. The lowest BCUT2D eigenvalue weighted by Crippen LogP contribution is -2.51. The molecule has 9 nitrogen and oxygen atoms in total. The van der Waals surface area contributed by atoms with Gasteiger partial charge in [0.25, 0.3) is 0 Å². The summed E-state index contributed by atoms with van der Waals surface area (Å²) < 4.78 is 50.7. The van der Waals surface area contributed by atoms with Gasteiger partial charge < -0.3 is 29.5 Å². The zero-order valence-electron chi connectivity index (χ0n) is 28.1. The summed E-state index contributed by atoms with van der Waals surface area (Å²) in [6, 6.07) is 8.98. The van der Waals surface area contributed by atoms with Crippen molar-refractivity contribution in [1.29, 1.82) is 0 Å². The highest BCUT2D eigenvalue weighted by molar-refractivity contribution is 6.04. The van der Waals surface area contributed by atoms with Gasteiger partial charge in [-0.15, -0.1) is 0 Å². The Morgan fingerprint density at radius 3 is 2.43 bits per heavy atom. The Kier molecular flexibility index (Phi) is 7.68. The number of piperazine rings is 1. The van der Waals surface area contributed by atoms with Crippen molar-refractivity contribution in [2.75, 3.05) is 57.4 Å². The Morgan fingerprint density at radius 1 is 1.00 bits per heavy atom. The average Bonchev–Trinajstić information content (AvgIpc) is 3.60. The Labute approximate surface area is 284 Å². The highest BCUT2D eigenvalue weighted by Gasteiger charge is 2.48. The van der Waals surface area contributed by atoms with Gasteiger partial charge in [0.1, 0.15) is 22.9 Å². The van der Waals surface area contributed by atoms with Crippen molar-refractivity contribution in [3.05, 3.63) is 53.1 Å². The van der Waals surface area contributed by atoms with E-state index in [0.717, 1.165) is 58.4 Å². The van der Waals surface area contributed by atoms with Crippen molar-refractivity contribution in [3.63, 3.8) is 0 Å². The largest absolute Gasteiger partial charge is 0.508 e. The highest BCUT2D eigenvalue weighted by Crippen LogP contribution is 2.48. The van der Waals surface area contributed by atoms with Gasteiger partial charge in [0.2, 0.25) is 0 Å². The maximum atomic E-state index is 17.2. The predicted octanol–water partition coefficient (Wildman–Crippen LogP) is 5.50. The van der Waals surface area contributed by atoms with Gasteiger partial charge in [0.05, 0.1) is 32.0 Å². The van der Waals surface area contributed by atoms with Crippen LogP contribution >= 0.6 is 0 Å². The molecule has 5 heterocycles. The minimum Gasteiger partial charge on any atom is -0.508 e. The molecule has 4 atom stereocenters. The molecule has 2 N–H and O–H groups in total. The minimum atomic E-state index is -0.527. The molecular weight excluding hydrogens is 628 g/mol. The smallest absolute Gasteiger partial charge is 0.319 e. The molecule has 3 aromatic carbocycles. The van der Waals surface area contributed by atoms with Crippen molar-refractivity contribution in [3.8, 4) is 22.9 Å². The van der Waals surface area contributed by atoms with E-state index in [9.17, 15) is 5.11 Å². The summed E-state index contributed by atoms with van der Waals surface area (Å²) in [5.74, 6) is -0.212. The molecule has 0 radical (unpaired) electrons. The number of aromatic hydroxyl groups is 1. The van der Waals surface area contributed by atoms with Crippen molar-refractivity contribution in [2.45, 2.75) is 70.2 Å². The number of benzene rings is 3. The summed E-state index contributed by atoms with van der Waals surface area (Å²) in [7, 11) is 0. The Morgan fingerprint density at radius 2 is 1.73 bits per heavy atom. The number of phenols is 1. The molecule has 4 aromatic rings. The monoisotopic (exact) mass is 671 g/mol. The van der Waals surface area contributed by atoms with Crippen molar-refractivity contribution < 1.29 is 28.1 Å². The predicted molar refractivity (Wildman–Crippen MR) is 183 cm³/mol. The van der Waals surface area contributed by atoms with Gasteiger partial charge in [0, 0.05) is 61.2 Å². The molecule has 9 rings (SSSR count). The van der Waals surface area contributed by atoms with Crippen LogP contribution in [-0.4, -0.2) is 96.8 Å². The number of nitrogens with zero attached hydrogens (tertiary/aromatic N) is 4. The second-order valence-electron chi connectivity index (χ2n) is 14.9. The first kappa shape index (κ1) is 31.3. The highest BCUT2D eigenvalue weighted by atomic mass is 19.1. The zero-order chi connectivity index (χ0) is 33.4. The third-order valence-electron chi connectivity index (χ3n) is 11.4. The maximum Gasteiger partial charge on any atom is 0.319 e. The average molecular weight is 672 g/mol. The Bertz CT molecular complexity index is 1930. The number of ether oxygens (including phenoxy) is 3. The van der Waals surface area contributed by atoms with E-state index in [4.69, 9.17) is 24.2 Å². The number of fused-ring (bicyclic) bond motifs is 5. The number of halogens is 2. The summed E-state index contributed by atoms with van der Waals surface area (Å²) in [5, 5.41) is 16.3. The van der Waals surface area contributed by atoms with Gasteiger partial charge >= 0.3 is 6.01 Å². The molecule has 5 aliphatic rings. The van der Waals surface area contributed by atoms with Crippen molar-refractivity contribution >= 4 is 27.5 Å². The number of nitrogens with one attached hydrogen (secondary N) is 1. The van der Waals surface area contributed by atoms with E-state index < -0.39 is 5.82 Å². The Hall–Kier alpha value is -3.64. The molecule has 1 saturated carbocycles. The van der Waals surface area contributed by atoms with Crippen LogP contribution < -0.4 is 15.0 Å². The maximum absolute atomic E-state index is 17.2.